The first-order chi connectivity index (χ1) is 11.1. The minimum Gasteiger partial charge on any atom is -0.341 e. The minimum atomic E-state index is -0.172. The van der Waals surface area contributed by atoms with E-state index in [0.717, 1.165) is 22.4 Å². The van der Waals surface area contributed by atoms with E-state index >= 15 is 0 Å². The van der Waals surface area contributed by atoms with Crippen molar-refractivity contribution < 1.29 is 14.4 Å². The van der Waals surface area contributed by atoms with Gasteiger partial charge in [0.1, 0.15) is 0 Å². The molecule has 2 saturated heterocycles. The fourth-order valence-electron chi connectivity index (χ4n) is 2.83. The van der Waals surface area contributed by atoms with Crippen molar-refractivity contribution in [3.8, 4) is 0 Å². The maximum absolute atomic E-state index is 12.3. The highest BCUT2D eigenvalue weighted by Gasteiger charge is 2.39. The van der Waals surface area contributed by atoms with Crippen molar-refractivity contribution in [3.63, 3.8) is 0 Å². The second kappa shape index (κ2) is 7.40. The molecule has 0 spiro atoms. The number of imide groups is 1. The zero-order valence-electron chi connectivity index (χ0n) is 12.6. The van der Waals surface area contributed by atoms with Crippen LogP contribution in [0.25, 0.3) is 0 Å². The average Bonchev–Trinajstić information content (AvgIpc) is 3.15. The molecule has 1 aromatic carbocycles. The summed E-state index contributed by atoms with van der Waals surface area (Å²) >= 11 is 2.72. The van der Waals surface area contributed by atoms with Gasteiger partial charge in [-0.15, -0.1) is 11.8 Å². The van der Waals surface area contributed by atoms with Crippen molar-refractivity contribution in [2.24, 2.45) is 0 Å². The lowest BCUT2D eigenvalue weighted by Crippen LogP contribution is -2.41. The van der Waals surface area contributed by atoms with Crippen LogP contribution in [0.4, 0.5) is 4.79 Å². The summed E-state index contributed by atoms with van der Waals surface area (Å²) in [5.74, 6) is 0.944. The summed E-state index contributed by atoms with van der Waals surface area (Å²) in [5.41, 5.74) is 0. The largest absolute Gasteiger partial charge is 0.341 e. The summed E-state index contributed by atoms with van der Waals surface area (Å²) in [6, 6.07) is 9.86. The average molecular weight is 350 g/mol. The van der Waals surface area contributed by atoms with Gasteiger partial charge in [0.05, 0.1) is 11.8 Å². The molecule has 0 aromatic heterocycles. The highest BCUT2D eigenvalue weighted by Crippen LogP contribution is 2.27. The van der Waals surface area contributed by atoms with Crippen molar-refractivity contribution in [2.75, 3.05) is 24.6 Å². The number of carbonyl (C=O) groups excluding carboxylic acids is 3. The van der Waals surface area contributed by atoms with Gasteiger partial charge in [-0.1, -0.05) is 30.0 Å². The zero-order valence-corrected chi connectivity index (χ0v) is 14.3. The number of hydrogen-bond acceptors (Lipinski definition) is 5. The maximum Gasteiger partial charge on any atom is 0.289 e. The van der Waals surface area contributed by atoms with Crippen molar-refractivity contribution in [1.82, 2.24) is 9.80 Å². The molecular formula is C16H18N2O3S2. The van der Waals surface area contributed by atoms with Crippen LogP contribution in [0.5, 0.6) is 0 Å². The van der Waals surface area contributed by atoms with E-state index in [1.54, 1.807) is 16.7 Å². The van der Waals surface area contributed by atoms with Gasteiger partial charge in [-0.05, 0) is 18.6 Å². The van der Waals surface area contributed by atoms with Crippen LogP contribution in [0.1, 0.15) is 12.8 Å². The first-order valence-electron chi connectivity index (χ1n) is 7.59. The van der Waals surface area contributed by atoms with Crippen LogP contribution in [-0.4, -0.2) is 57.5 Å². The maximum atomic E-state index is 12.3. The Morgan fingerprint density at radius 3 is 2.74 bits per heavy atom. The SMILES string of the molecule is O=C(CCSc1ccccc1)N1CCC(N2C(=O)CSC2=O)C1. The summed E-state index contributed by atoms with van der Waals surface area (Å²) in [5, 5.41) is -0.172. The Balaban J connectivity index is 1.46. The Hall–Kier alpha value is -1.47. The van der Waals surface area contributed by atoms with Crippen LogP contribution in [0.15, 0.2) is 35.2 Å². The predicted octanol–water partition coefficient (Wildman–Crippen LogP) is 2.47. The van der Waals surface area contributed by atoms with Gasteiger partial charge in [-0.2, -0.15) is 0 Å². The molecular weight excluding hydrogens is 332 g/mol. The normalized spacial score (nSPS) is 21.3. The molecule has 1 aromatic rings. The molecule has 5 nitrogen and oxygen atoms in total. The lowest BCUT2D eigenvalue weighted by atomic mass is 10.2. The fourth-order valence-corrected chi connectivity index (χ4v) is 4.47. The number of amides is 3. The molecule has 122 valence electrons. The topological polar surface area (TPSA) is 57.7 Å². The molecule has 0 N–H and O–H groups in total. The van der Waals surface area contributed by atoms with E-state index in [4.69, 9.17) is 0 Å². The van der Waals surface area contributed by atoms with Crippen molar-refractivity contribution in [1.29, 1.82) is 0 Å². The van der Waals surface area contributed by atoms with E-state index < -0.39 is 0 Å². The van der Waals surface area contributed by atoms with Crippen molar-refractivity contribution in [2.45, 2.75) is 23.8 Å². The van der Waals surface area contributed by atoms with Crippen LogP contribution in [0, 0.1) is 0 Å². The third-order valence-corrected chi connectivity index (χ3v) is 5.84. The van der Waals surface area contributed by atoms with E-state index in [1.165, 1.54) is 4.90 Å². The Morgan fingerprint density at radius 2 is 2.04 bits per heavy atom. The molecule has 1 atom stereocenters. The predicted molar refractivity (Wildman–Crippen MR) is 91.5 cm³/mol. The van der Waals surface area contributed by atoms with E-state index in [-0.39, 0.29) is 28.8 Å². The third kappa shape index (κ3) is 3.90. The number of hydrogen-bond donors (Lipinski definition) is 0. The van der Waals surface area contributed by atoms with Crippen LogP contribution in [-0.2, 0) is 9.59 Å². The van der Waals surface area contributed by atoms with Crippen molar-refractivity contribution >= 4 is 40.6 Å². The summed E-state index contributed by atoms with van der Waals surface area (Å²) in [6.45, 7) is 1.11. The van der Waals surface area contributed by atoms with Crippen molar-refractivity contribution in [3.05, 3.63) is 30.3 Å². The molecule has 0 bridgehead atoms. The minimum absolute atomic E-state index is 0.0997. The molecule has 0 radical (unpaired) electrons. The quantitative estimate of drug-likeness (QED) is 0.764. The lowest BCUT2D eigenvalue weighted by Gasteiger charge is -2.21. The molecule has 2 aliphatic heterocycles. The molecule has 23 heavy (non-hydrogen) atoms. The monoisotopic (exact) mass is 350 g/mol. The fraction of sp³-hybridized carbons (Fsp3) is 0.438. The number of benzene rings is 1. The number of nitrogens with zero attached hydrogens (tertiary/aromatic N) is 2. The molecule has 3 amide bonds. The smallest absolute Gasteiger partial charge is 0.289 e. The Kier molecular flexibility index (Phi) is 5.27. The van der Waals surface area contributed by atoms with Crippen LogP contribution >= 0.6 is 23.5 Å². The zero-order chi connectivity index (χ0) is 16.2. The van der Waals surface area contributed by atoms with Gasteiger partial charge >= 0.3 is 0 Å². The lowest BCUT2D eigenvalue weighted by molar-refractivity contribution is -0.131. The molecule has 0 aliphatic carbocycles. The van der Waals surface area contributed by atoms with Gasteiger partial charge in [0.2, 0.25) is 11.8 Å². The first kappa shape index (κ1) is 16.4. The van der Waals surface area contributed by atoms with Gasteiger partial charge < -0.3 is 4.90 Å². The summed E-state index contributed by atoms with van der Waals surface area (Å²) in [6.07, 6.45) is 1.17. The molecule has 2 heterocycles. The highest BCUT2D eigenvalue weighted by atomic mass is 32.2. The van der Waals surface area contributed by atoms with Gasteiger partial charge in [0, 0.05) is 30.2 Å². The van der Waals surface area contributed by atoms with Crippen LogP contribution < -0.4 is 0 Å². The summed E-state index contributed by atoms with van der Waals surface area (Å²) < 4.78 is 0. The Morgan fingerprint density at radius 1 is 1.26 bits per heavy atom. The first-order valence-corrected chi connectivity index (χ1v) is 9.56. The molecule has 1 unspecified atom stereocenters. The van der Waals surface area contributed by atoms with Crippen LogP contribution in [0.2, 0.25) is 0 Å². The number of carbonyl (C=O) groups is 3. The standard InChI is InChI=1S/C16H18N2O3S2/c19-14(7-9-22-13-4-2-1-3-5-13)17-8-6-12(10-17)18-15(20)11-23-16(18)21/h1-5,12H,6-11H2. The molecule has 7 heteroatoms. The van der Waals surface area contributed by atoms with E-state index in [1.807, 2.05) is 30.3 Å². The third-order valence-electron chi connectivity index (χ3n) is 3.99. The van der Waals surface area contributed by atoms with Crippen LogP contribution in [0.3, 0.4) is 0 Å². The van der Waals surface area contributed by atoms with E-state index in [0.29, 0.717) is 25.9 Å². The second-order valence-electron chi connectivity index (χ2n) is 5.51. The summed E-state index contributed by atoms with van der Waals surface area (Å²) in [7, 11) is 0. The van der Waals surface area contributed by atoms with Gasteiger partial charge in [0.15, 0.2) is 0 Å². The number of rotatable bonds is 5. The second-order valence-corrected chi connectivity index (χ2v) is 7.61. The number of thioether (sulfide) groups is 2. The van der Waals surface area contributed by atoms with Gasteiger partial charge in [0.25, 0.3) is 5.24 Å². The van der Waals surface area contributed by atoms with Gasteiger partial charge in [-0.25, -0.2) is 0 Å². The van der Waals surface area contributed by atoms with E-state index in [9.17, 15) is 14.4 Å². The number of likely N-dealkylation sites (tertiary alicyclic amines) is 1. The molecule has 3 rings (SSSR count). The molecule has 2 fully saturated rings. The molecule has 0 saturated carbocycles. The Bertz CT molecular complexity index is 593. The van der Waals surface area contributed by atoms with Gasteiger partial charge in [-0.3, -0.25) is 19.3 Å². The molecule has 2 aliphatic rings. The highest BCUT2D eigenvalue weighted by molar-refractivity contribution is 8.14. The summed E-state index contributed by atoms with van der Waals surface area (Å²) in [4.78, 5) is 40.0. The Labute approximate surface area is 143 Å². The van der Waals surface area contributed by atoms with E-state index in [2.05, 4.69) is 0 Å².